The van der Waals surface area contributed by atoms with E-state index in [1.54, 1.807) is 18.3 Å². The summed E-state index contributed by atoms with van der Waals surface area (Å²) in [5.74, 6) is -4.19. The number of aromatic nitrogens is 3. The van der Waals surface area contributed by atoms with Crippen LogP contribution in [-0.2, 0) is 31.7 Å². The fraction of sp³-hybridized carbons (Fsp3) is 0.233. The summed E-state index contributed by atoms with van der Waals surface area (Å²) in [6.45, 7) is 2.25. The van der Waals surface area contributed by atoms with Crippen molar-refractivity contribution in [1.82, 2.24) is 15.0 Å². The first kappa shape index (κ1) is 30.7. The van der Waals surface area contributed by atoms with Gasteiger partial charge in [-0.05, 0) is 49.6 Å². The number of primary sulfonamides is 1. The second kappa shape index (κ2) is 10.9. The number of benzene rings is 3. The van der Waals surface area contributed by atoms with Crippen LogP contribution < -0.4 is 14.6 Å². The number of aryl methyl sites for hydroxylation is 1. The molecule has 0 aliphatic carbocycles. The number of H-pyrrole nitrogens is 2. The van der Waals surface area contributed by atoms with Gasteiger partial charge in [0.2, 0.25) is 15.8 Å². The number of nitrogens with one attached hydrogen (secondary N) is 2. The molecule has 4 N–H and O–H groups in total. The minimum atomic E-state index is -4.10. The van der Waals surface area contributed by atoms with Crippen molar-refractivity contribution in [2.75, 3.05) is 18.6 Å². The first-order valence-electron chi connectivity index (χ1n) is 13.6. The highest BCUT2D eigenvalue weighted by molar-refractivity contribution is 7.91. The van der Waals surface area contributed by atoms with Gasteiger partial charge in [-0.1, -0.05) is 18.2 Å². The highest BCUT2D eigenvalue weighted by Crippen LogP contribution is 2.45. The number of fused-ring (bicyclic) bond motifs is 2. The lowest BCUT2D eigenvalue weighted by Gasteiger charge is -2.35. The fourth-order valence-electron chi connectivity index (χ4n) is 5.64. The number of sulfone groups is 1. The van der Waals surface area contributed by atoms with E-state index in [1.165, 1.54) is 18.3 Å². The fourth-order valence-corrected chi connectivity index (χ4v) is 7.18. The van der Waals surface area contributed by atoms with Crippen LogP contribution >= 0.6 is 0 Å². The highest BCUT2D eigenvalue weighted by atomic mass is 32.2. The predicted octanol–water partition coefficient (Wildman–Crippen LogP) is 5.09. The molecule has 0 saturated heterocycles. The van der Waals surface area contributed by atoms with Crippen molar-refractivity contribution < 1.29 is 39.5 Å². The largest absolute Gasteiger partial charge is 0.493 e. The molecule has 0 amide bonds. The number of hydrogen-bond acceptors (Lipinski definition) is 7. The van der Waals surface area contributed by atoms with Crippen LogP contribution in [0.2, 0.25) is 0 Å². The Morgan fingerprint density at radius 1 is 1.07 bits per heavy atom. The number of nitrogens with zero attached hydrogens (tertiary/aromatic N) is 1. The lowest BCUT2D eigenvalue weighted by molar-refractivity contribution is 0.239. The van der Waals surface area contributed by atoms with Crippen molar-refractivity contribution >= 4 is 30.8 Å². The molecule has 5 aromatic rings. The highest BCUT2D eigenvalue weighted by Gasteiger charge is 2.38. The van der Waals surface area contributed by atoms with Crippen LogP contribution in [0.25, 0.3) is 22.3 Å². The van der Waals surface area contributed by atoms with Crippen LogP contribution in [0, 0.1) is 17.5 Å². The average Bonchev–Trinajstić information content (AvgIpc) is 3.66. The molecule has 1 unspecified atom stereocenters. The summed E-state index contributed by atoms with van der Waals surface area (Å²) in [5, 5.41) is 5.10. The minimum absolute atomic E-state index is 0.0685. The van der Waals surface area contributed by atoms with Gasteiger partial charge in [0, 0.05) is 35.0 Å². The molecule has 1 atom stereocenters. The SMILES string of the molecule is CC1(c2c[nH]c(-c3cc(Oc4c(F)c(F)c5[nH]ccc5c4S(C)(=O)=O)ccc3F)n2)CCOc2c(CCS(N)(=O)=O)cccc21. The van der Waals surface area contributed by atoms with Crippen LogP contribution in [0.3, 0.4) is 0 Å². The Labute approximate surface area is 256 Å². The standard InChI is InChI=1S/C30H27F3N4O6S2/c1-30(10-12-42-26-16(4-3-5-20(26)30)9-13-45(34,40)41)22-15-36-29(37-22)19-14-17(6-7-21(19)31)43-27-24(33)23(32)25-18(8-11-35-25)28(27)44(2,38)39/h3-8,11,14-15,35H,9-10,12-13H2,1-2H3,(H,36,37)(H2,34,40,41). The van der Waals surface area contributed by atoms with Gasteiger partial charge in [0.15, 0.2) is 21.4 Å². The lowest BCUT2D eigenvalue weighted by atomic mass is 9.74. The van der Waals surface area contributed by atoms with Crippen LogP contribution in [0.4, 0.5) is 13.2 Å². The summed E-state index contributed by atoms with van der Waals surface area (Å²) in [4.78, 5) is 9.56. The molecule has 2 aromatic heterocycles. The molecule has 45 heavy (non-hydrogen) atoms. The van der Waals surface area contributed by atoms with Crippen LogP contribution in [0.15, 0.2) is 59.8 Å². The zero-order chi connectivity index (χ0) is 32.3. The Balaban J connectivity index is 1.37. The molecular formula is C30H27F3N4O6S2. The van der Waals surface area contributed by atoms with Crippen molar-refractivity contribution in [2.45, 2.75) is 30.1 Å². The number of imidazole rings is 1. The predicted molar refractivity (Wildman–Crippen MR) is 160 cm³/mol. The third-order valence-corrected chi connectivity index (χ3v) is 9.85. The molecular weight excluding hydrogens is 633 g/mol. The van der Waals surface area contributed by atoms with E-state index in [2.05, 4.69) is 15.0 Å². The van der Waals surface area contributed by atoms with Gasteiger partial charge < -0.3 is 19.4 Å². The molecule has 236 valence electrons. The summed E-state index contributed by atoms with van der Waals surface area (Å²) in [6.07, 6.45) is 4.40. The maximum Gasteiger partial charge on any atom is 0.209 e. The van der Waals surface area contributed by atoms with Crippen LogP contribution in [0.1, 0.15) is 30.2 Å². The summed E-state index contributed by atoms with van der Waals surface area (Å²) >= 11 is 0. The van der Waals surface area contributed by atoms with E-state index in [0.29, 0.717) is 30.0 Å². The molecule has 0 fully saturated rings. The number of hydrogen-bond donors (Lipinski definition) is 3. The minimum Gasteiger partial charge on any atom is -0.493 e. The molecule has 3 aromatic carbocycles. The molecule has 1 aliphatic rings. The molecule has 1 aliphatic heterocycles. The Morgan fingerprint density at radius 3 is 2.58 bits per heavy atom. The van der Waals surface area contributed by atoms with Gasteiger partial charge in [0.1, 0.15) is 28.0 Å². The third kappa shape index (κ3) is 5.55. The topological polar surface area (TPSA) is 157 Å². The van der Waals surface area contributed by atoms with E-state index in [9.17, 15) is 21.2 Å². The number of rotatable bonds is 8. The Hall–Kier alpha value is -4.34. The quantitative estimate of drug-likeness (QED) is 0.196. The molecule has 0 saturated carbocycles. The van der Waals surface area contributed by atoms with Gasteiger partial charge in [-0.2, -0.15) is 4.39 Å². The van der Waals surface area contributed by atoms with Gasteiger partial charge in [-0.3, -0.25) is 0 Å². The van der Waals surface area contributed by atoms with Gasteiger partial charge >= 0.3 is 0 Å². The number of sulfonamides is 1. The van der Waals surface area contributed by atoms with E-state index in [0.717, 1.165) is 24.0 Å². The summed E-state index contributed by atoms with van der Waals surface area (Å²) in [7, 11) is -7.80. The summed E-state index contributed by atoms with van der Waals surface area (Å²) in [6, 6.07) is 10.1. The number of para-hydroxylation sites is 1. The Kier molecular flexibility index (Phi) is 7.45. The van der Waals surface area contributed by atoms with Crippen molar-refractivity contribution in [3.63, 3.8) is 0 Å². The van der Waals surface area contributed by atoms with Crippen molar-refractivity contribution in [2.24, 2.45) is 5.14 Å². The van der Waals surface area contributed by atoms with Crippen molar-refractivity contribution in [1.29, 1.82) is 0 Å². The maximum atomic E-state index is 15.2. The van der Waals surface area contributed by atoms with Crippen LogP contribution in [-0.4, -0.2) is 50.4 Å². The average molecular weight is 661 g/mol. The van der Waals surface area contributed by atoms with Crippen molar-refractivity contribution in [3.05, 3.63) is 89.1 Å². The van der Waals surface area contributed by atoms with Crippen LogP contribution in [0.5, 0.6) is 17.2 Å². The van der Waals surface area contributed by atoms with E-state index < -0.39 is 53.4 Å². The smallest absolute Gasteiger partial charge is 0.209 e. The normalized spacial score (nSPS) is 16.8. The third-order valence-electron chi connectivity index (χ3n) is 7.93. The Bertz CT molecular complexity index is 2200. The van der Waals surface area contributed by atoms with Gasteiger partial charge in [-0.25, -0.2) is 35.7 Å². The first-order valence-corrected chi connectivity index (χ1v) is 17.3. The first-order chi connectivity index (χ1) is 21.2. The molecule has 10 nitrogen and oxygen atoms in total. The number of nitrogens with two attached hydrogens (primary N) is 1. The molecule has 3 heterocycles. The summed E-state index contributed by atoms with van der Waals surface area (Å²) < 4.78 is 105. The molecule has 0 bridgehead atoms. The van der Waals surface area contributed by atoms with Crippen molar-refractivity contribution in [3.8, 4) is 28.6 Å². The van der Waals surface area contributed by atoms with Gasteiger partial charge in [0.25, 0.3) is 0 Å². The van der Waals surface area contributed by atoms with E-state index in [-0.39, 0.29) is 40.2 Å². The summed E-state index contributed by atoms with van der Waals surface area (Å²) in [5.41, 5.74) is 0.878. The molecule has 6 rings (SSSR count). The second-order valence-electron chi connectivity index (χ2n) is 11.0. The number of aromatic amines is 2. The molecule has 0 spiro atoms. The number of halogens is 3. The van der Waals surface area contributed by atoms with E-state index >= 15 is 8.78 Å². The molecule has 15 heteroatoms. The Morgan fingerprint density at radius 2 is 1.84 bits per heavy atom. The maximum absolute atomic E-state index is 15.2. The molecule has 0 radical (unpaired) electrons. The second-order valence-corrected chi connectivity index (χ2v) is 14.7. The monoisotopic (exact) mass is 660 g/mol. The van der Waals surface area contributed by atoms with Gasteiger partial charge in [0.05, 0.1) is 29.1 Å². The van der Waals surface area contributed by atoms with E-state index in [4.69, 9.17) is 14.6 Å². The zero-order valence-corrected chi connectivity index (χ0v) is 25.6. The number of ether oxygens (including phenoxy) is 2. The van der Waals surface area contributed by atoms with Gasteiger partial charge in [-0.15, -0.1) is 0 Å². The lowest BCUT2D eigenvalue weighted by Crippen LogP contribution is -2.32. The van der Waals surface area contributed by atoms with E-state index in [1.807, 2.05) is 13.0 Å². The zero-order valence-electron chi connectivity index (χ0n) is 23.9.